The number of pyridine rings is 1. The summed E-state index contributed by atoms with van der Waals surface area (Å²) < 4.78 is 13.5. The molecule has 0 spiro atoms. The van der Waals surface area contributed by atoms with Gasteiger partial charge >= 0.3 is 0 Å². The maximum atomic E-state index is 13.5. The fraction of sp³-hybridized carbons (Fsp3) is 0.458. The van der Waals surface area contributed by atoms with Crippen LogP contribution < -0.4 is 0 Å². The highest BCUT2D eigenvalue weighted by Gasteiger charge is 2.47. The van der Waals surface area contributed by atoms with Crippen molar-refractivity contribution in [2.45, 2.75) is 38.6 Å². The quantitative estimate of drug-likeness (QED) is 0.779. The highest BCUT2D eigenvalue weighted by Crippen LogP contribution is 2.42. The Kier molecular flexibility index (Phi) is 5.84. The van der Waals surface area contributed by atoms with Gasteiger partial charge in [-0.05, 0) is 41.8 Å². The van der Waals surface area contributed by atoms with Crippen molar-refractivity contribution in [1.29, 1.82) is 0 Å². The van der Waals surface area contributed by atoms with E-state index in [-0.39, 0.29) is 41.4 Å². The van der Waals surface area contributed by atoms with Gasteiger partial charge in [-0.15, -0.1) is 0 Å². The van der Waals surface area contributed by atoms with Gasteiger partial charge in [0.15, 0.2) is 0 Å². The fourth-order valence-corrected chi connectivity index (χ4v) is 4.90. The number of piperidine rings is 1. The smallest absolute Gasteiger partial charge is 0.227 e. The van der Waals surface area contributed by atoms with E-state index in [2.05, 4.69) is 4.98 Å². The zero-order valence-electron chi connectivity index (χ0n) is 17.5. The van der Waals surface area contributed by atoms with E-state index in [4.69, 9.17) is 0 Å². The highest BCUT2D eigenvalue weighted by atomic mass is 19.1. The summed E-state index contributed by atoms with van der Waals surface area (Å²) in [7, 11) is 0. The lowest BCUT2D eigenvalue weighted by Crippen LogP contribution is -2.50. The Hall–Kier alpha value is -2.76. The molecule has 2 fully saturated rings. The van der Waals surface area contributed by atoms with Crippen molar-refractivity contribution in [3.63, 3.8) is 0 Å². The summed E-state index contributed by atoms with van der Waals surface area (Å²) in [5.74, 6) is 0.200. The van der Waals surface area contributed by atoms with E-state index in [0.717, 1.165) is 17.5 Å². The molecule has 3 atom stereocenters. The minimum atomic E-state index is -0.263. The van der Waals surface area contributed by atoms with Crippen LogP contribution in [0.15, 0.2) is 48.8 Å². The molecule has 0 N–H and O–H groups in total. The van der Waals surface area contributed by atoms with Gasteiger partial charge in [-0.1, -0.05) is 26.0 Å². The standard InChI is InChI=1S/C24H28FN3O2/c1-16(2)24(30)28-15-20(18-3-5-19(25)6-4-18)21-14-27(12-9-22(21)28)23(29)13-17-7-10-26-11-8-17/h3-8,10-11,16,20-22H,9,12-15H2,1-2H3/t20-,21-,22-/m1/s1. The molecule has 2 saturated heterocycles. The summed E-state index contributed by atoms with van der Waals surface area (Å²) in [5.41, 5.74) is 1.99. The lowest BCUT2D eigenvalue weighted by Gasteiger charge is -2.39. The molecular weight excluding hydrogens is 381 g/mol. The van der Waals surface area contributed by atoms with Gasteiger partial charge in [-0.2, -0.15) is 0 Å². The Morgan fingerprint density at radius 2 is 1.80 bits per heavy atom. The van der Waals surface area contributed by atoms with Crippen LogP contribution >= 0.6 is 0 Å². The average molecular weight is 410 g/mol. The van der Waals surface area contributed by atoms with Gasteiger partial charge in [-0.25, -0.2) is 4.39 Å². The summed E-state index contributed by atoms with van der Waals surface area (Å²) in [6.07, 6.45) is 4.54. The lowest BCUT2D eigenvalue weighted by molar-refractivity contribution is -0.137. The fourth-order valence-electron chi connectivity index (χ4n) is 4.90. The van der Waals surface area contributed by atoms with Gasteiger partial charge < -0.3 is 9.80 Å². The summed E-state index contributed by atoms with van der Waals surface area (Å²) >= 11 is 0. The Balaban J connectivity index is 1.55. The SMILES string of the molecule is CC(C)C(=O)N1C[C@H](c2ccc(F)cc2)[C@H]2CN(C(=O)Cc3ccncc3)CC[C@H]21. The third-order valence-corrected chi connectivity index (χ3v) is 6.46. The Labute approximate surface area is 176 Å². The number of halogens is 1. The molecule has 30 heavy (non-hydrogen) atoms. The van der Waals surface area contributed by atoms with Crippen LogP contribution in [0.1, 0.15) is 37.3 Å². The molecule has 2 aliphatic heterocycles. The second-order valence-electron chi connectivity index (χ2n) is 8.70. The summed E-state index contributed by atoms with van der Waals surface area (Å²) in [4.78, 5) is 33.8. The Morgan fingerprint density at radius 1 is 1.10 bits per heavy atom. The first-order valence-electron chi connectivity index (χ1n) is 10.7. The van der Waals surface area contributed by atoms with Gasteiger partial charge in [0.2, 0.25) is 11.8 Å². The first-order valence-corrected chi connectivity index (χ1v) is 10.7. The van der Waals surface area contributed by atoms with Gasteiger partial charge in [0.05, 0.1) is 6.42 Å². The van der Waals surface area contributed by atoms with Gasteiger partial charge in [-0.3, -0.25) is 14.6 Å². The summed E-state index contributed by atoms with van der Waals surface area (Å²) in [6, 6.07) is 10.4. The van der Waals surface area contributed by atoms with Crippen LogP contribution in [0.4, 0.5) is 4.39 Å². The first kappa shape index (κ1) is 20.5. The molecule has 0 aliphatic carbocycles. The van der Waals surface area contributed by atoms with Crippen molar-refractivity contribution in [3.05, 3.63) is 65.7 Å². The number of hydrogen-bond donors (Lipinski definition) is 0. The van der Waals surface area contributed by atoms with E-state index in [1.165, 1.54) is 12.1 Å². The number of amides is 2. The number of rotatable bonds is 4. The zero-order chi connectivity index (χ0) is 21.3. The second-order valence-corrected chi connectivity index (χ2v) is 8.70. The van der Waals surface area contributed by atoms with Crippen LogP contribution in [0.2, 0.25) is 0 Å². The molecule has 0 radical (unpaired) electrons. The van der Waals surface area contributed by atoms with Crippen molar-refractivity contribution >= 4 is 11.8 Å². The molecule has 6 heteroatoms. The van der Waals surface area contributed by atoms with Crippen molar-refractivity contribution < 1.29 is 14.0 Å². The molecule has 1 aromatic carbocycles. The third kappa shape index (κ3) is 4.09. The van der Waals surface area contributed by atoms with Gasteiger partial charge in [0.25, 0.3) is 0 Å². The largest absolute Gasteiger partial charge is 0.342 e. The average Bonchev–Trinajstić information content (AvgIpc) is 3.13. The number of carbonyl (C=O) groups is 2. The molecule has 3 heterocycles. The molecule has 0 bridgehead atoms. The number of benzene rings is 1. The predicted molar refractivity (Wildman–Crippen MR) is 112 cm³/mol. The van der Waals surface area contributed by atoms with E-state index >= 15 is 0 Å². The van der Waals surface area contributed by atoms with Crippen molar-refractivity contribution in [3.8, 4) is 0 Å². The van der Waals surface area contributed by atoms with Crippen LogP contribution in [0.25, 0.3) is 0 Å². The molecule has 158 valence electrons. The maximum absolute atomic E-state index is 13.5. The minimum Gasteiger partial charge on any atom is -0.342 e. The maximum Gasteiger partial charge on any atom is 0.227 e. The molecule has 1 aromatic heterocycles. The number of nitrogens with zero attached hydrogens (tertiary/aromatic N) is 3. The Morgan fingerprint density at radius 3 is 2.47 bits per heavy atom. The van der Waals surface area contributed by atoms with Crippen molar-refractivity contribution in [2.75, 3.05) is 19.6 Å². The summed E-state index contributed by atoms with van der Waals surface area (Å²) in [6.45, 7) is 5.76. The molecular formula is C24H28FN3O2. The van der Waals surface area contributed by atoms with Crippen LogP contribution in [0, 0.1) is 17.7 Å². The molecule has 0 saturated carbocycles. The van der Waals surface area contributed by atoms with Crippen LogP contribution in [-0.2, 0) is 16.0 Å². The van der Waals surface area contributed by atoms with Crippen molar-refractivity contribution in [1.82, 2.24) is 14.8 Å². The predicted octanol–water partition coefficient (Wildman–Crippen LogP) is 3.26. The molecule has 5 nitrogen and oxygen atoms in total. The van der Waals surface area contributed by atoms with Crippen molar-refractivity contribution in [2.24, 2.45) is 11.8 Å². The lowest BCUT2D eigenvalue weighted by atomic mass is 9.81. The van der Waals surface area contributed by atoms with Crippen LogP contribution in [0.3, 0.4) is 0 Å². The molecule has 2 amide bonds. The number of fused-ring (bicyclic) bond motifs is 1. The topological polar surface area (TPSA) is 53.5 Å². The third-order valence-electron chi connectivity index (χ3n) is 6.46. The minimum absolute atomic E-state index is 0.0658. The van der Waals surface area contributed by atoms with Gasteiger partial charge in [0.1, 0.15) is 5.82 Å². The van der Waals surface area contributed by atoms with E-state index in [1.807, 2.05) is 47.9 Å². The second kappa shape index (κ2) is 8.54. The number of carbonyl (C=O) groups excluding carboxylic acids is 2. The van der Waals surface area contributed by atoms with Crippen LogP contribution in [0.5, 0.6) is 0 Å². The first-order chi connectivity index (χ1) is 14.4. The monoisotopic (exact) mass is 409 g/mol. The normalized spacial score (nSPS) is 23.5. The van der Waals surface area contributed by atoms with E-state index in [1.54, 1.807) is 12.4 Å². The Bertz CT molecular complexity index is 900. The zero-order valence-corrected chi connectivity index (χ0v) is 17.5. The van der Waals surface area contributed by atoms with Crippen LogP contribution in [-0.4, -0.2) is 52.3 Å². The van der Waals surface area contributed by atoms with E-state index in [0.29, 0.717) is 26.1 Å². The molecule has 2 aliphatic rings. The van der Waals surface area contributed by atoms with E-state index in [9.17, 15) is 14.0 Å². The molecule has 0 unspecified atom stereocenters. The number of hydrogen-bond acceptors (Lipinski definition) is 3. The van der Waals surface area contributed by atoms with E-state index < -0.39 is 0 Å². The van der Waals surface area contributed by atoms with Gasteiger partial charge in [0, 0.05) is 55.8 Å². The molecule has 4 rings (SSSR count). The number of aromatic nitrogens is 1. The number of likely N-dealkylation sites (tertiary alicyclic amines) is 2. The summed E-state index contributed by atoms with van der Waals surface area (Å²) in [5, 5.41) is 0. The molecule has 2 aromatic rings. The highest BCUT2D eigenvalue weighted by molar-refractivity contribution is 5.80.